The Bertz CT molecular complexity index is 479. The van der Waals surface area contributed by atoms with E-state index in [1.54, 1.807) is 0 Å². The summed E-state index contributed by atoms with van der Waals surface area (Å²) < 4.78 is 0. The minimum Gasteiger partial charge on any atom is -0.292 e. The van der Waals surface area contributed by atoms with Crippen molar-refractivity contribution in [3.63, 3.8) is 0 Å². The lowest BCUT2D eigenvalue weighted by atomic mass is 10.2. The summed E-state index contributed by atoms with van der Waals surface area (Å²) in [6.07, 6.45) is 1.89. The molecule has 0 bridgehead atoms. The van der Waals surface area contributed by atoms with Crippen LogP contribution in [0.1, 0.15) is 5.69 Å². The molecular weight excluding hydrogens is 192 g/mol. The van der Waals surface area contributed by atoms with Gasteiger partial charge in [0.2, 0.25) is 0 Å². The Morgan fingerprint density at radius 3 is 2.79 bits per heavy atom. The average Bonchev–Trinajstić information content (AvgIpc) is 2.27. The fraction of sp³-hybridized carbons (Fsp3) is 0.0909. The van der Waals surface area contributed by atoms with Crippen LogP contribution in [0.15, 0.2) is 36.4 Å². The SMILES string of the molecule is CSC(=N)c1ccc2ccccc2n1. The molecule has 0 aliphatic carbocycles. The van der Waals surface area contributed by atoms with Crippen LogP contribution in [0.5, 0.6) is 0 Å². The molecule has 0 radical (unpaired) electrons. The summed E-state index contributed by atoms with van der Waals surface area (Å²) in [4.78, 5) is 4.40. The highest BCUT2D eigenvalue weighted by Gasteiger charge is 2.01. The fourth-order valence-corrected chi connectivity index (χ4v) is 1.62. The minimum atomic E-state index is 0.510. The highest BCUT2D eigenvalue weighted by atomic mass is 32.2. The molecule has 0 saturated heterocycles. The highest BCUT2D eigenvalue weighted by Crippen LogP contribution is 2.14. The number of pyridine rings is 1. The van der Waals surface area contributed by atoms with Crippen LogP contribution in [-0.4, -0.2) is 16.3 Å². The molecule has 0 atom stereocenters. The molecule has 0 aliphatic rings. The van der Waals surface area contributed by atoms with Crippen LogP contribution in [0.3, 0.4) is 0 Å². The van der Waals surface area contributed by atoms with Gasteiger partial charge >= 0.3 is 0 Å². The second-order valence-electron chi connectivity index (χ2n) is 2.92. The predicted molar refractivity (Wildman–Crippen MR) is 62.1 cm³/mol. The normalized spacial score (nSPS) is 10.4. The largest absolute Gasteiger partial charge is 0.292 e. The molecule has 3 heteroatoms. The molecule has 1 heterocycles. The van der Waals surface area contributed by atoms with Crippen LogP contribution in [-0.2, 0) is 0 Å². The van der Waals surface area contributed by atoms with Crippen molar-refractivity contribution in [1.82, 2.24) is 4.98 Å². The molecule has 0 spiro atoms. The quantitative estimate of drug-likeness (QED) is 0.570. The van der Waals surface area contributed by atoms with E-state index in [1.807, 2.05) is 42.7 Å². The second-order valence-corrected chi connectivity index (χ2v) is 3.74. The lowest BCUT2D eigenvalue weighted by Crippen LogP contribution is -1.96. The first-order valence-electron chi connectivity index (χ1n) is 4.30. The van der Waals surface area contributed by atoms with Gasteiger partial charge in [-0.3, -0.25) is 5.41 Å². The first-order chi connectivity index (χ1) is 6.81. The molecule has 14 heavy (non-hydrogen) atoms. The van der Waals surface area contributed by atoms with Gasteiger partial charge in [0.25, 0.3) is 0 Å². The summed E-state index contributed by atoms with van der Waals surface area (Å²) in [7, 11) is 0. The Morgan fingerprint density at radius 1 is 1.21 bits per heavy atom. The van der Waals surface area contributed by atoms with Crippen LogP contribution < -0.4 is 0 Å². The molecule has 1 aromatic heterocycles. The average molecular weight is 202 g/mol. The Hall–Kier alpha value is -1.35. The van der Waals surface area contributed by atoms with E-state index in [1.165, 1.54) is 11.8 Å². The van der Waals surface area contributed by atoms with Crippen LogP contribution in [0, 0.1) is 5.41 Å². The lowest BCUT2D eigenvalue weighted by Gasteiger charge is -2.01. The van der Waals surface area contributed by atoms with E-state index >= 15 is 0 Å². The number of hydrogen-bond donors (Lipinski definition) is 1. The van der Waals surface area contributed by atoms with Gasteiger partial charge in [-0.05, 0) is 18.4 Å². The third kappa shape index (κ3) is 1.63. The lowest BCUT2D eigenvalue weighted by molar-refractivity contribution is 1.36. The smallest absolute Gasteiger partial charge is 0.113 e. The van der Waals surface area contributed by atoms with Crippen molar-refractivity contribution in [1.29, 1.82) is 5.41 Å². The van der Waals surface area contributed by atoms with Gasteiger partial charge in [-0.2, -0.15) is 0 Å². The summed E-state index contributed by atoms with van der Waals surface area (Å²) in [5.74, 6) is 0. The Morgan fingerprint density at radius 2 is 2.00 bits per heavy atom. The number of fused-ring (bicyclic) bond motifs is 1. The molecule has 0 amide bonds. The second kappa shape index (κ2) is 3.80. The van der Waals surface area contributed by atoms with Crippen LogP contribution in [0.25, 0.3) is 10.9 Å². The highest BCUT2D eigenvalue weighted by molar-refractivity contribution is 8.13. The van der Waals surface area contributed by atoms with Crippen LogP contribution in [0.2, 0.25) is 0 Å². The summed E-state index contributed by atoms with van der Waals surface area (Å²) in [6.45, 7) is 0. The summed E-state index contributed by atoms with van der Waals surface area (Å²) in [6, 6.07) is 11.8. The van der Waals surface area contributed by atoms with Gasteiger partial charge in [0, 0.05) is 5.39 Å². The number of hydrogen-bond acceptors (Lipinski definition) is 3. The number of aromatic nitrogens is 1. The van der Waals surface area contributed by atoms with E-state index in [2.05, 4.69) is 4.98 Å². The molecule has 0 unspecified atom stereocenters. The molecule has 2 nitrogen and oxygen atoms in total. The van der Waals surface area contributed by atoms with Gasteiger partial charge in [0.15, 0.2) is 0 Å². The first-order valence-corrected chi connectivity index (χ1v) is 5.52. The number of para-hydroxylation sites is 1. The van der Waals surface area contributed by atoms with E-state index in [9.17, 15) is 0 Å². The standard InChI is InChI=1S/C11H10N2S/c1-14-11(12)10-7-6-8-4-2-3-5-9(8)13-10/h2-7,12H,1H3. The Balaban J connectivity index is 2.56. The van der Waals surface area contributed by atoms with E-state index < -0.39 is 0 Å². The Labute approximate surface area is 86.9 Å². The molecule has 1 aromatic carbocycles. The molecule has 0 aliphatic heterocycles. The van der Waals surface area contributed by atoms with E-state index in [-0.39, 0.29) is 0 Å². The van der Waals surface area contributed by atoms with E-state index in [4.69, 9.17) is 5.41 Å². The van der Waals surface area contributed by atoms with Crippen molar-refractivity contribution >= 4 is 27.7 Å². The minimum absolute atomic E-state index is 0.510. The van der Waals surface area contributed by atoms with Gasteiger partial charge in [-0.15, -0.1) is 11.8 Å². The summed E-state index contributed by atoms with van der Waals surface area (Å²) in [5.41, 5.74) is 1.69. The van der Waals surface area contributed by atoms with Crippen molar-refractivity contribution in [3.05, 3.63) is 42.1 Å². The zero-order valence-corrected chi connectivity index (χ0v) is 8.64. The van der Waals surface area contributed by atoms with Gasteiger partial charge in [-0.1, -0.05) is 24.3 Å². The number of thioether (sulfide) groups is 1. The summed E-state index contributed by atoms with van der Waals surface area (Å²) >= 11 is 1.41. The predicted octanol–water partition coefficient (Wildman–Crippen LogP) is 2.92. The maximum atomic E-state index is 7.65. The van der Waals surface area contributed by atoms with Crippen molar-refractivity contribution in [2.24, 2.45) is 0 Å². The number of benzene rings is 1. The third-order valence-corrected chi connectivity index (χ3v) is 2.65. The van der Waals surface area contributed by atoms with Gasteiger partial charge in [-0.25, -0.2) is 4.98 Å². The number of nitrogens with zero attached hydrogens (tertiary/aromatic N) is 1. The fourth-order valence-electron chi connectivity index (χ4n) is 1.30. The topological polar surface area (TPSA) is 36.7 Å². The van der Waals surface area contributed by atoms with Gasteiger partial charge < -0.3 is 0 Å². The molecule has 1 N–H and O–H groups in total. The molecule has 2 aromatic rings. The molecule has 2 rings (SSSR count). The first kappa shape index (κ1) is 9.21. The van der Waals surface area contributed by atoms with Gasteiger partial charge in [0.05, 0.1) is 11.2 Å². The molecule has 70 valence electrons. The maximum Gasteiger partial charge on any atom is 0.113 e. The van der Waals surface area contributed by atoms with Crippen LogP contribution in [0.4, 0.5) is 0 Å². The molecule has 0 saturated carbocycles. The molecular formula is C11H10N2S. The van der Waals surface area contributed by atoms with E-state index in [0.29, 0.717) is 5.04 Å². The monoisotopic (exact) mass is 202 g/mol. The zero-order chi connectivity index (χ0) is 9.97. The number of nitrogens with one attached hydrogen (secondary N) is 1. The van der Waals surface area contributed by atoms with Crippen molar-refractivity contribution in [2.75, 3.05) is 6.26 Å². The van der Waals surface area contributed by atoms with Gasteiger partial charge in [0.1, 0.15) is 5.04 Å². The third-order valence-electron chi connectivity index (χ3n) is 2.04. The zero-order valence-electron chi connectivity index (χ0n) is 7.82. The van der Waals surface area contributed by atoms with Crippen molar-refractivity contribution < 1.29 is 0 Å². The maximum absolute atomic E-state index is 7.65. The van der Waals surface area contributed by atoms with Crippen molar-refractivity contribution in [3.8, 4) is 0 Å². The van der Waals surface area contributed by atoms with Crippen molar-refractivity contribution in [2.45, 2.75) is 0 Å². The number of rotatable bonds is 1. The summed E-state index contributed by atoms with van der Waals surface area (Å²) in [5, 5.41) is 9.28. The van der Waals surface area contributed by atoms with Crippen LogP contribution >= 0.6 is 11.8 Å². The Kier molecular flexibility index (Phi) is 2.50. The van der Waals surface area contributed by atoms with E-state index in [0.717, 1.165) is 16.6 Å². The molecule has 0 fully saturated rings.